The summed E-state index contributed by atoms with van der Waals surface area (Å²) < 4.78 is 92.5. The van der Waals surface area contributed by atoms with Crippen LogP contribution < -0.4 is 14.8 Å². The molecule has 3 aromatic rings. The highest BCUT2D eigenvalue weighted by Gasteiger charge is 2.39. The molecule has 0 aliphatic carbocycles. The zero-order chi connectivity index (χ0) is 30.4. The lowest BCUT2D eigenvalue weighted by Gasteiger charge is -2.37. The van der Waals surface area contributed by atoms with Gasteiger partial charge in [0.25, 0.3) is 0 Å². The number of hydrogen-bond acceptors (Lipinski definition) is 4. The number of rotatable bonds is 10. The minimum Gasteiger partial charge on any atom is -0.406 e. The summed E-state index contributed by atoms with van der Waals surface area (Å²) in [5.41, 5.74) is -0.0435. The quantitative estimate of drug-likeness (QED) is 0.261. The first-order valence-electron chi connectivity index (χ1n) is 13.2. The first kappa shape index (κ1) is 31.0. The molecule has 226 valence electrons. The van der Waals surface area contributed by atoms with Gasteiger partial charge in [0.2, 0.25) is 0 Å². The molecule has 1 saturated heterocycles. The third-order valence-corrected chi connectivity index (χ3v) is 7.13. The number of methoxy groups -OCH3 is 1. The first-order valence-corrected chi connectivity index (χ1v) is 13.2. The van der Waals surface area contributed by atoms with Crippen molar-refractivity contribution >= 4 is 6.03 Å². The van der Waals surface area contributed by atoms with E-state index < -0.39 is 35.7 Å². The van der Waals surface area contributed by atoms with Crippen molar-refractivity contribution in [1.29, 1.82) is 0 Å². The number of carbonyl (C=O) groups excluding carboxylic acids is 1. The number of likely N-dealkylation sites (tertiary alicyclic amines) is 1. The zero-order valence-corrected chi connectivity index (χ0v) is 22.7. The van der Waals surface area contributed by atoms with Crippen LogP contribution in [0.15, 0.2) is 78.9 Å². The van der Waals surface area contributed by atoms with Crippen molar-refractivity contribution in [3.63, 3.8) is 0 Å². The Bertz CT molecular complexity index is 1270. The number of carbonyl (C=O) groups is 1. The summed E-state index contributed by atoms with van der Waals surface area (Å²) >= 11 is 0. The minimum absolute atomic E-state index is 0.112. The third kappa shape index (κ3) is 8.09. The summed E-state index contributed by atoms with van der Waals surface area (Å²) in [6, 6.07) is 18.8. The molecule has 4 rings (SSSR count). The molecule has 0 unspecified atom stereocenters. The zero-order valence-electron chi connectivity index (χ0n) is 22.7. The number of nitrogens with one attached hydrogen (secondary N) is 1. The molecular formula is C30H30F6N2O4. The Kier molecular flexibility index (Phi) is 9.55. The van der Waals surface area contributed by atoms with E-state index in [1.54, 1.807) is 47.4 Å². The predicted molar refractivity (Wildman–Crippen MR) is 142 cm³/mol. The molecule has 1 aliphatic heterocycles. The van der Waals surface area contributed by atoms with Crippen LogP contribution in [0, 0.1) is 0 Å². The van der Waals surface area contributed by atoms with E-state index in [2.05, 4.69) is 14.8 Å². The second kappa shape index (κ2) is 12.9. The van der Waals surface area contributed by atoms with Crippen molar-refractivity contribution in [2.24, 2.45) is 0 Å². The molecule has 0 radical (unpaired) electrons. The molecule has 1 N–H and O–H groups in total. The summed E-state index contributed by atoms with van der Waals surface area (Å²) in [6.45, 7) is 0.646. The minimum atomic E-state index is -4.97. The van der Waals surface area contributed by atoms with Gasteiger partial charge in [-0.05, 0) is 60.2 Å². The fraction of sp³-hybridized carbons (Fsp3) is 0.367. The van der Waals surface area contributed by atoms with Gasteiger partial charge in [-0.25, -0.2) is 4.79 Å². The van der Waals surface area contributed by atoms with Crippen molar-refractivity contribution in [1.82, 2.24) is 10.2 Å². The van der Waals surface area contributed by atoms with E-state index in [0.717, 1.165) is 30.5 Å². The van der Waals surface area contributed by atoms with E-state index >= 15 is 0 Å². The van der Waals surface area contributed by atoms with Gasteiger partial charge in [-0.3, -0.25) is 0 Å². The van der Waals surface area contributed by atoms with Crippen LogP contribution in [0.5, 0.6) is 11.5 Å². The predicted octanol–water partition coefficient (Wildman–Crippen LogP) is 6.83. The fourth-order valence-corrected chi connectivity index (χ4v) is 5.36. The average Bonchev–Trinajstić information content (AvgIpc) is 3.38. The van der Waals surface area contributed by atoms with Crippen molar-refractivity contribution in [3.8, 4) is 11.5 Å². The highest BCUT2D eigenvalue weighted by molar-refractivity contribution is 5.75. The number of ether oxygens (including phenoxy) is 3. The molecule has 1 atom stereocenters. The van der Waals surface area contributed by atoms with Gasteiger partial charge >= 0.3 is 18.8 Å². The SMILES string of the molecule is COC[C@@H]1CCCN1C(=O)NCC(Cc1ccccc1)(c1cccc(OC(F)(F)F)c1)c1cccc(OC(F)(F)F)c1. The Hall–Kier alpha value is -3.93. The molecule has 2 amide bonds. The fourth-order valence-electron chi connectivity index (χ4n) is 5.36. The molecule has 6 nitrogen and oxygen atoms in total. The van der Waals surface area contributed by atoms with E-state index in [9.17, 15) is 31.1 Å². The smallest absolute Gasteiger partial charge is 0.406 e. The van der Waals surface area contributed by atoms with Crippen LogP contribution >= 0.6 is 0 Å². The van der Waals surface area contributed by atoms with E-state index in [-0.39, 0.29) is 30.1 Å². The summed E-state index contributed by atoms with van der Waals surface area (Å²) in [7, 11) is 1.53. The normalized spacial score (nSPS) is 15.9. The van der Waals surface area contributed by atoms with Gasteiger partial charge in [-0.1, -0.05) is 54.6 Å². The summed E-state index contributed by atoms with van der Waals surface area (Å²) in [6.07, 6.45) is -8.32. The van der Waals surface area contributed by atoms with Gasteiger partial charge < -0.3 is 24.4 Å². The summed E-state index contributed by atoms with van der Waals surface area (Å²) in [5, 5.41) is 2.91. The highest BCUT2D eigenvalue weighted by Crippen LogP contribution is 2.40. The standard InChI is InChI=1S/C30H30F6N2O4/c1-40-19-24-12-7-15-38(24)27(39)37-20-28(18-21-8-3-2-4-9-21,22-10-5-13-25(16-22)41-29(31,32)33)23-11-6-14-26(17-23)42-30(34,35)36/h2-6,8-11,13-14,16-17,24H,7,12,15,18-20H2,1H3,(H,37,39)/t24-/m0/s1. The maximum Gasteiger partial charge on any atom is 0.573 e. The molecule has 0 spiro atoms. The van der Waals surface area contributed by atoms with Gasteiger partial charge in [-0.2, -0.15) is 0 Å². The van der Waals surface area contributed by atoms with Crippen molar-refractivity contribution in [2.75, 3.05) is 26.8 Å². The van der Waals surface area contributed by atoms with Crippen LogP contribution in [0.1, 0.15) is 29.5 Å². The summed E-state index contributed by atoms with van der Waals surface area (Å²) in [4.78, 5) is 15.0. The number of hydrogen-bond donors (Lipinski definition) is 1. The van der Waals surface area contributed by atoms with Gasteiger partial charge in [0.1, 0.15) is 11.5 Å². The van der Waals surface area contributed by atoms with Gasteiger partial charge in [-0.15, -0.1) is 26.3 Å². The van der Waals surface area contributed by atoms with Crippen LogP contribution in [0.3, 0.4) is 0 Å². The largest absolute Gasteiger partial charge is 0.573 e. The van der Waals surface area contributed by atoms with Gasteiger partial charge in [0, 0.05) is 25.6 Å². The van der Waals surface area contributed by atoms with Crippen molar-refractivity contribution in [3.05, 3.63) is 95.6 Å². The van der Waals surface area contributed by atoms with Gasteiger partial charge in [0.15, 0.2) is 0 Å². The Morgan fingerprint density at radius 3 is 1.95 bits per heavy atom. The van der Waals surface area contributed by atoms with Crippen molar-refractivity contribution < 1.29 is 45.3 Å². The molecule has 12 heteroatoms. The first-order chi connectivity index (χ1) is 19.9. The van der Waals surface area contributed by atoms with E-state index in [1.165, 1.54) is 31.4 Å². The maximum atomic E-state index is 13.4. The number of amides is 2. The second-order valence-electron chi connectivity index (χ2n) is 10.00. The monoisotopic (exact) mass is 596 g/mol. The molecule has 0 aromatic heterocycles. The van der Waals surface area contributed by atoms with Crippen LogP contribution in [0.25, 0.3) is 0 Å². The molecular weight excluding hydrogens is 566 g/mol. The molecule has 1 heterocycles. The number of urea groups is 1. The number of halogens is 6. The number of alkyl halides is 6. The van der Waals surface area contributed by atoms with Crippen molar-refractivity contribution in [2.45, 2.75) is 43.4 Å². The van der Waals surface area contributed by atoms with E-state index in [0.29, 0.717) is 13.2 Å². The maximum absolute atomic E-state index is 13.4. The number of nitrogens with zero attached hydrogens (tertiary/aromatic N) is 1. The Morgan fingerprint density at radius 1 is 0.857 bits per heavy atom. The lowest BCUT2D eigenvalue weighted by Crippen LogP contribution is -2.50. The molecule has 0 saturated carbocycles. The third-order valence-electron chi connectivity index (χ3n) is 7.13. The summed E-state index contributed by atoms with van der Waals surface area (Å²) in [5.74, 6) is -1.02. The highest BCUT2D eigenvalue weighted by atomic mass is 19.4. The molecule has 42 heavy (non-hydrogen) atoms. The molecule has 0 bridgehead atoms. The van der Waals surface area contributed by atoms with E-state index in [1.807, 2.05) is 0 Å². The van der Waals surface area contributed by atoms with Gasteiger partial charge in [0.05, 0.1) is 12.6 Å². The number of benzene rings is 3. The van der Waals surface area contributed by atoms with E-state index in [4.69, 9.17) is 4.74 Å². The molecule has 1 aliphatic rings. The Balaban J connectivity index is 1.83. The topological polar surface area (TPSA) is 60.0 Å². The lowest BCUT2D eigenvalue weighted by atomic mass is 9.70. The van der Waals surface area contributed by atoms with Crippen LogP contribution in [-0.4, -0.2) is 56.5 Å². The lowest BCUT2D eigenvalue weighted by molar-refractivity contribution is -0.275. The average molecular weight is 597 g/mol. The van der Waals surface area contributed by atoms with Crippen LogP contribution in [-0.2, 0) is 16.6 Å². The molecule has 3 aromatic carbocycles. The van der Waals surface area contributed by atoms with Crippen LogP contribution in [0.4, 0.5) is 31.1 Å². The Labute approximate surface area is 239 Å². The second-order valence-corrected chi connectivity index (χ2v) is 10.00. The molecule has 1 fully saturated rings. The van der Waals surface area contributed by atoms with Crippen LogP contribution in [0.2, 0.25) is 0 Å². The Morgan fingerprint density at radius 2 is 1.43 bits per heavy atom.